The number of rotatable bonds is 7. The number of carbonyl (C=O) groups excluding carboxylic acids is 1. The fourth-order valence-electron chi connectivity index (χ4n) is 2.55. The Morgan fingerprint density at radius 1 is 1.20 bits per heavy atom. The van der Waals surface area contributed by atoms with Gasteiger partial charge in [-0.05, 0) is 55.1 Å². The molecule has 2 N–H and O–H groups in total. The molecular weight excluding hydrogens is 338 g/mol. The molecule has 132 valence electrons. The molecule has 25 heavy (non-hydrogen) atoms. The number of amides is 1. The van der Waals surface area contributed by atoms with Crippen molar-refractivity contribution in [2.24, 2.45) is 0 Å². The minimum Gasteiger partial charge on any atom is -0.497 e. The highest BCUT2D eigenvalue weighted by Gasteiger charge is 2.32. The topological polar surface area (TPSA) is 75.6 Å². The van der Waals surface area contributed by atoms with Gasteiger partial charge in [-0.1, -0.05) is 12.1 Å². The Kier molecular flexibility index (Phi) is 6.09. The van der Waals surface area contributed by atoms with Crippen molar-refractivity contribution < 1.29 is 19.4 Å². The summed E-state index contributed by atoms with van der Waals surface area (Å²) in [6.07, 6.45) is 1.72. The van der Waals surface area contributed by atoms with Crippen LogP contribution in [0.15, 0.2) is 53.4 Å². The van der Waals surface area contributed by atoms with Crippen molar-refractivity contribution in [3.63, 3.8) is 0 Å². The van der Waals surface area contributed by atoms with Crippen LogP contribution in [0.25, 0.3) is 0 Å². The van der Waals surface area contributed by atoms with Crippen LogP contribution in [0.5, 0.6) is 5.75 Å². The number of carboxylic acid groups (broad SMARTS) is 1. The van der Waals surface area contributed by atoms with E-state index in [9.17, 15) is 14.7 Å². The molecule has 0 saturated heterocycles. The van der Waals surface area contributed by atoms with Gasteiger partial charge in [0.05, 0.1) is 19.1 Å². The zero-order valence-corrected chi connectivity index (χ0v) is 15.2. The number of carbonyl (C=O) groups is 2. The summed E-state index contributed by atoms with van der Waals surface area (Å²) < 4.78 is 5.21. The van der Waals surface area contributed by atoms with Gasteiger partial charge in [-0.3, -0.25) is 9.59 Å². The lowest BCUT2D eigenvalue weighted by atomic mass is 9.88. The van der Waals surface area contributed by atoms with E-state index in [1.165, 1.54) is 0 Å². The molecule has 0 aliphatic carbocycles. The zero-order valence-electron chi connectivity index (χ0n) is 14.4. The van der Waals surface area contributed by atoms with Crippen LogP contribution in [0, 0.1) is 0 Å². The van der Waals surface area contributed by atoms with Gasteiger partial charge in [0.1, 0.15) is 5.75 Å². The molecule has 2 aromatic carbocycles. The van der Waals surface area contributed by atoms with Gasteiger partial charge in [0.15, 0.2) is 0 Å². The molecular formula is C19H21NO4S. The second-order valence-electron chi connectivity index (χ2n) is 5.82. The van der Waals surface area contributed by atoms with Crippen LogP contribution in [-0.2, 0) is 10.3 Å². The van der Waals surface area contributed by atoms with E-state index in [-0.39, 0.29) is 12.3 Å². The first-order valence-electron chi connectivity index (χ1n) is 7.71. The molecule has 0 bridgehead atoms. The highest BCUT2D eigenvalue weighted by Crippen LogP contribution is 2.28. The van der Waals surface area contributed by atoms with E-state index >= 15 is 0 Å². The maximum Gasteiger partial charge on any atom is 0.306 e. The summed E-state index contributed by atoms with van der Waals surface area (Å²) in [5, 5.41) is 12.2. The van der Waals surface area contributed by atoms with E-state index < -0.39 is 11.5 Å². The van der Waals surface area contributed by atoms with Crippen LogP contribution < -0.4 is 10.1 Å². The molecule has 1 amide bonds. The quantitative estimate of drug-likeness (QED) is 0.740. The number of carboxylic acids is 1. The number of aliphatic carboxylic acids is 1. The molecule has 0 fully saturated rings. The SMILES string of the molecule is COc1cccc(C(C)(CC(=O)O)NC(=O)c2ccc(SC)cc2)c1. The van der Waals surface area contributed by atoms with Crippen molar-refractivity contribution in [1.82, 2.24) is 5.32 Å². The molecule has 0 heterocycles. The van der Waals surface area contributed by atoms with E-state index in [2.05, 4.69) is 5.32 Å². The zero-order chi connectivity index (χ0) is 18.4. The predicted molar refractivity (Wildman–Crippen MR) is 98.3 cm³/mol. The van der Waals surface area contributed by atoms with Gasteiger partial charge in [-0.25, -0.2) is 0 Å². The van der Waals surface area contributed by atoms with Gasteiger partial charge >= 0.3 is 5.97 Å². The summed E-state index contributed by atoms with van der Waals surface area (Å²) >= 11 is 1.59. The van der Waals surface area contributed by atoms with Gasteiger partial charge in [-0.15, -0.1) is 11.8 Å². The molecule has 5 nitrogen and oxygen atoms in total. The third-order valence-electron chi connectivity index (χ3n) is 3.95. The van der Waals surface area contributed by atoms with Gasteiger partial charge in [0.2, 0.25) is 0 Å². The number of methoxy groups -OCH3 is 1. The molecule has 0 aliphatic heterocycles. The summed E-state index contributed by atoms with van der Waals surface area (Å²) in [6, 6.07) is 14.2. The average molecular weight is 359 g/mol. The Bertz CT molecular complexity index is 760. The Morgan fingerprint density at radius 2 is 1.88 bits per heavy atom. The van der Waals surface area contributed by atoms with Crippen molar-refractivity contribution in [1.29, 1.82) is 0 Å². The van der Waals surface area contributed by atoms with Gasteiger partial charge in [0, 0.05) is 10.5 Å². The smallest absolute Gasteiger partial charge is 0.306 e. The van der Waals surface area contributed by atoms with Gasteiger partial charge in [-0.2, -0.15) is 0 Å². The van der Waals surface area contributed by atoms with Crippen LogP contribution in [0.2, 0.25) is 0 Å². The monoisotopic (exact) mass is 359 g/mol. The second kappa shape index (κ2) is 8.07. The Hall–Kier alpha value is -2.47. The van der Waals surface area contributed by atoms with Crippen molar-refractivity contribution in [3.05, 3.63) is 59.7 Å². The van der Waals surface area contributed by atoms with E-state index in [1.54, 1.807) is 62.2 Å². The predicted octanol–water partition coefficient (Wildman–Crippen LogP) is 3.54. The molecule has 0 radical (unpaired) electrons. The summed E-state index contributed by atoms with van der Waals surface area (Å²) in [7, 11) is 1.54. The van der Waals surface area contributed by atoms with Gasteiger partial charge in [0.25, 0.3) is 5.91 Å². The first-order chi connectivity index (χ1) is 11.9. The van der Waals surface area contributed by atoms with Crippen molar-refractivity contribution in [2.45, 2.75) is 23.8 Å². The third kappa shape index (κ3) is 4.76. The van der Waals surface area contributed by atoms with Gasteiger partial charge < -0.3 is 15.2 Å². The number of nitrogens with one attached hydrogen (secondary N) is 1. The fourth-order valence-corrected chi connectivity index (χ4v) is 2.96. The third-order valence-corrected chi connectivity index (χ3v) is 4.70. The second-order valence-corrected chi connectivity index (χ2v) is 6.70. The first kappa shape index (κ1) is 18.9. The van der Waals surface area contributed by atoms with E-state index in [1.807, 2.05) is 18.4 Å². The lowest BCUT2D eigenvalue weighted by molar-refractivity contribution is -0.138. The minimum atomic E-state index is -1.06. The van der Waals surface area contributed by atoms with Crippen LogP contribution in [0.1, 0.15) is 29.3 Å². The fraction of sp³-hybridized carbons (Fsp3) is 0.263. The van der Waals surface area contributed by atoms with Crippen molar-refractivity contribution in [3.8, 4) is 5.75 Å². The molecule has 2 rings (SSSR count). The molecule has 0 saturated carbocycles. The molecule has 1 unspecified atom stereocenters. The van der Waals surface area contributed by atoms with Crippen LogP contribution in [0.3, 0.4) is 0 Å². The summed E-state index contributed by atoms with van der Waals surface area (Å²) in [6.45, 7) is 1.70. The highest BCUT2D eigenvalue weighted by atomic mass is 32.2. The largest absolute Gasteiger partial charge is 0.497 e. The highest BCUT2D eigenvalue weighted by molar-refractivity contribution is 7.98. The number of hydrogen-bond acceptors (Lipinski definition) is 4. The Morgan fingerprint density at radius 3 is 2.44 bits per heavy atom. The maximum atomic E-state index is 12.6. The molecule has 2 aromatic rings. The normalized spacial score (nSPS) is 12.9. The summed E-state index contributed by atoms with van der Waals surface area (Å²) in [4.78, 5) is 25.0. The molecule has 0 spiro atoms. The van der Waals surface area contributed by atoms with E-state index in [4.69, 9.17) is 4.74 Å². The van der Waals surface area contributed by atoms with E-state index in [0.29, 0.717) is 16.9 Å². The number of thioether (sulfide) groups is 1. The Balaban J connectivity index is 2.32. The summed E-state index contributed by atoms with van der Waals surface area (Å²) in [5.74, 6) is -0.713. The Labute approximate surface area is 151 Å². The van der Waals surface area contributed by atoms with Crippen molar-refractivity contribution in [2.75, 3.05) is 13.4 Å². The van der Waals surface area contributed by atoms with Crippen LogP contribution >= 0.6 is 11.8 Å². The maximum absolute atomic E-state index is 12.6. The van der Waals surface area contributed by atoms with Crippen LogP contribution in [-0.4, -0.2) is 30.3 Å². The number of ether oxygens (including phenoxy) is 1. The first-order valence-corrected chi connectivity index (χ1v) is 8.93. The van der Waals surface area contributed by atoms with Crippen LogP contribution in [0.4, 0.5) is 0 Å². The molecule has 0 aromatic heterocycles. The van der Waals surface area contributed by atoms with Crippen molar-refractivity contribution >= 4 is 23.6 Å². The molecule has 6 heteroatoms. The summed E-state index contributed by atoms with van der Waals surface area (Å²) in [5.41, 5.74) is 0.0935. The lowest BCUT2D eigenvalue weighted by Crippen LogP contribution is -2.45. The lowest BCUT2D eigenvalue weighted by Gasteiger charge is -2.30. The number of hydrogen-bond donors (Lipinski definition) is 2. The number of benzene rings is 2. The average Bonchev–Trinajstić information content (AvgIpc) is 2.61. The van der Waals surface area contributed by atoms with E-state index in [0.717, 1.165) is 4.90 Å². The molecule has 1 atom stereocenters. The molecule has 0 aliphatic rings. The minimum absolute atomic E-state index is 0.241. The standard InChI is InChI=1S/C19H21NO4S/c1-19(12-17(21)22,14-5-4-6-15(11-14)24-2)20-18(23)13-7-9-16(25-3)10-8-13/h4-11H,12H2,1-3H3,(H,20,23)(H,21,22).